The Kier molecular flexibility index (Phi) is 7.45. The van der Waals surface area contributed by atoms with Crippen LogP contribution in [0.3, 0.4) is 0 Å². The van der Waals surface area contributed by atoms with Crippen LogP contribution in [0.1, 0.15) is 29.5 Å². The fourth-order valence-electron chi connectivity index (χ4n) is 4.31. The lowest BCUT2D eigenvalue weighted by Crippen LogP contribution is -2.49. The van der Waals surface area contributed by atoms with Crippen LogP contribution >= 0.6 is 0 Å². The van der Waals surface area contributed by atoms with Gasteiger partial charge in [-0.15, -0.1) is 0 Å². The molecule has 180 valence electrons. The Morgan fingerprint density at radius 1 is 0.886 bits per heavy atom. The molecular weight excluding hydrogens is 444 g/mol. The molecule has 0 bridgehead atoms. The number of rotatable bonds is 9. The molecule has 2 atom stereocenters. The van der Waals surface area contributed by atoms with Crippen LogP contribution in [0.15, 0.2) is 78.9 Å². The second-order valence-electron chi connectivity index (χ2n) is 8.70. The van der Waals surface area contributed by atoms with Gasteiger partial charge in [0.1, 0.15) is 12.6 Å². The van der Waals surface area contributed by atoms with E-state index < -0.39 is 29.9 Å². The van der Waals surface area contributed by atoms with Crippen molar-refractivity contribution in [3.63, 3.8) is 0 Å². The maximum absolute atomic E-state index is 12.8. The van der Waals surface area contributed by atoms with Gasteiger partial charge in [-0.2, -0.15) is 0 Å². The van der Waals surface area contributed by atoms with E-state index in [0.29, 0.717) is 0 Å². The minimum atomic E-state index is -1.01. The van der Waals surface area contributed by atoms with Crippen molar-refractivity contribution in [2.45, 2.75) is 25.3 Å². The predicted molar refractivity (Wildman–Crippen MR) is 132 cm³/mol. The number of amides is 2. The van der Waals surface area contributed by atoms with Gasteiger partial charge in [0.2, 0.25) is 5.91 Å². The topological polar surface area (TPSA) is 105 Å². The first kappa shape index (κ1) is 24.0. The van der Waals surface area contributed by atoms with Gasteiger partial charge in [-0.25, -0.2) is 4.79 Å². The minimum Gasteiger partial charge on any atom is -0.481 e. The Morgan fingerprint density at radius 2 is 1.46 bits per heavy atom. The number of carboxylic acids is 1. The lowest BCUT2D eigenvalue weighted by Gasteiger charge is -2.20. The fraction of sp³-hybridized carbons (Fsp3) is 0.250. The summed E-state index contributed by atoms with van der Waals surface area (Å²) in [6.07, 6.45) is -0.451. The van der Waals surface area contributed by atoms with E-state index in [1.807, 2.05) is 66.7 Å². The summed E-state index contributed by atoms with van der Waals surface area (Å²) >= 11 is 0. The zero-order chi connectivity index (χ0) is 24.8. The summed E-state index contributed by atoms with van der Waals surface area (Å²) in [6, 6.07) is 24.5. The number of nitrogens with one attached hydrogen (secondary N) is 2. The van der Waals surface area contributed by atoms with Gasteiger partial charge in [0, 0.05) is 18.9 Å². The third kappa shape index (κ3) is 5.69. The third-order valence-electron chi connectivity index (χ3n) is 6.24. The first-order valence-electron chi connectivity index (χ1n) is 11.6. The van der Waals surface area contributed by atoms with E-state index in [9.17, 15) is 14.4 Å². The van der Waals surface area contributed by atoms with Crippen molar-refractivity contribution in [3.8, 4) is 11.1 Å². The van der Waals surface area contributed by atoms with E-state index in [4.69, 9.17) is 9.84 Å². The molecule has 4 rings (SSSR count). The molecule has 3 N–H and O–H groups in total. The number of hydrogen-bond acceptors (Lipinski definition) is 4. The Balaban J connectivity index is 1.43. The molecule has 3 aromatic rings. The molecule has 0 aromatic heterocycles. The highest BCUT2D eigenvalue weighted by atomic mass is 16.5. The molecule has 7 heteroatoms. The maximum atomic E-state index is 12.8. The van der Waals surface area contributed by atoms with Crippen molar-refractivity contribution in [2.75, 3.05) is 13.2 Å². The molecule has 35 heavy (non-hydrogen) atoms. The number of carbonyl (C=O) groups is 3. The van der Waals surface area contributed by atoms with Crippen LogP contribution in [0.2, 0.25) is 0 Å². The number of fused-ring (bicyclic) bond motifs is 3. The van der Waals surface area contributed by atoms with Crippen molar-refractivity contribution >= 4 is 18.0 Å². The summed E-state index contributed by atoms with van der Waals surface area (Å²) in [6.45, 7) is 1.61. The van der Waals surface area contributed by atoms with Gasteiger partial charge in [-0.3, -0.25) is 9.59 Å². The number of carboxylic acid groups (broad SMARTS) is 1. The number of carbonyl (C=O) groups excluding carboxylic acids is 2. The van der Waals surface area contributed by atoms with Crippen LogP contribution in [0.4, 0.5) is 4.79 Å². The number of aliphatic carboxylic acids is 1. The summed E-state index contributed by atoms with van der Waals surface area (Å²) in [4.78, 5) is 36.7. The number of hydrogen-bond donors (Lipinski definition) is 3. The molecule has 0 radical (unpaired) electrons. The molecule has 0 saturated heterocycles. The zero-order valence-electron chi connectivity index (χ0n) is 19.4. The molecule has 0 fully saturated rings. The van der Waals surface area contributed by atoms with Crippen molar-refractivity contribution < 1.29 is 24.2 Å². The second-order valence-corrected chi connectivity index (χ2v) is 8.70. The van der Waals surface area contributed by atoms with E-state index >= 15 is 0 Å². The molecule has 0 aliphatic heterocycles. The highest BCUT2D eigenvalue weighted by Crippen LogP contribution is 2.44. The summed E-state index contributed by atoms with van der Waals surface area (Å²) in [7, 11) is 0. The van der Waals surface area contributed by atoms with E-state index in [2.05, 4.69) is 22.8 Å². The summed E-state index contributed by atoms with van der Waals surface area (Å²) in [5.74, 6) is -2.30. The van der Waals surface area contributed by atoms with Crippen molar-refractivity contribution in [2.24, 2.45) is 5.92 Å². The molecule has 0 heterocycles. The molecule has 3 aromatic carbocycles. The smallest absolute Gasteiger partial charge is 0.407 e. The van der Waals surface area contributed by atoms with Gasteiger partial charge < -0.3 is 20.5 Å². The lowest BCUT2D eigenvalue weighted by atomic mass is 9.98. The molecule has 7 nitrogen and oxygen atoms in total. The lowest BCUT2D eigenvalue weighted by molar-refractivity contribution is -0.141. The normalized spacial score (nSPS) is 13.7. The summed E-state index contributed by atoms with van der Waals surface area (Å²) in [5, 5.41) is 14.4. The molecule has 1 aliphatic rings. The number of alkyl carbamates (subject to hydrolysis) is 1. The van der Waals surface area contributed by atoms with Crippen LogP contribution < -0.4 is 10.6 Å². The largest absolute Gasteiger partial charge is 0.481 e. The maximum Gasteiger partial charge on any atom is 0.407 e. The first-order valence-corrected chi connectivity index (χ1v) is 11.6. The van der Waals surface area contributed by atoms with Crippen LogP contribution in [-0.4, -0.2) is 42.3 Å². The predicted octanol–water partition coefficient (Wildman–Crippen LogP) is 3.97. The van der Waals surface area contributed by atoms with E-state index in [1.54, 1.807) is 0 Å². The average molecular weight is 473 g/mol. The molecule has 0 saturated carbocycles. The van der Waals surface area contributed by atoms with E-state index in [1.165, 1.54) is 6.92 Å². The molecule has 0 spiro atoms. The third-order valence-corrected chi connectivity index (χ3v) is 6.24. The zero-order valence-corrected chi connectivity index (χ0v) is 19.4. The Morgan fingerprint density at radius 3 is 2.06 bits per heavy atom. The summed E-state index contributed by atoms with van der Waals surface area (Å²) in [5.41, 5.74) is 5.32. The molecule has 2 unspecified atom stereocenters. The standard InChI is InChI=1S/C28H28N2O5/c1-18(27(32)33)16-29-26(31)25(15-19-9-3-2-4-10-19)30-28(34)35-17-24-22-13-7-5-11-20(22)21-12-6-8-14-23(21)24/h2-14,18,24-25H,15-17H2,1H3,(H,29,31)(H,30,34)(H,32,33). The van der Waals surface area contributed by atoms with Gasteiger partial charge in [0.15, 0.2) is 0 Å². The average Bonchev–Trinajstić information content (AvgIpc) is 3.19. The first-order chi connectivity index (χ1) is 16.9. The van der Waals surface area contributed by atoms with Gasteiger partial charge in [0.25, 0.3) is 0 Å². The molecular formula is C28H28N2O5. The van der Waals surface area contributed by atoms with Gasteiger partial charge in [-0.05, 0) is 27.8 Å². The van der Waals surface area contributed by atoms with Crippen LogP contribution in [0, 0.1) is 5.92 Å². The second kappa shape index (κ2) is 10.9. The van der Waals surface area contributed by atoms with Gasteiger partial charge in [-0.1, -0.05) is 85.8 Å². The highest BCUT2D eigenvalue weighted by Gasteiger charge is 2.30. The van der Waals surface area contributed by atoms with Gasteiger partial charge in [0.05, 0.1) is 5.92 Å². The summed E-state index contributed by atoms with van der Waals surface area (Å²) < 4.78 is 5.60. The van der Waals surface area contributed by atoms with Gasteiger partial charge >= 0.3 is 12.1 Å². The van der Waals surface area contributed by atoms with Crippen LogP contribution in [-0.2, 0) is 20.7 Å². The Labute approximate surface area is 204 Å². The van der Waals surface area contributed by atoms with E-state index in [-0.39, 0.29) is 25.5 Å². The Hall–Kier alpha value is -4.13. The van der Waals surface area contributed by atoms with Crippen LogP contribution in [0.5, 0.6) is 0 Å². The number of ether oxygens (including phenoxy) is 1. The molecule has 1 aliphatic carbocycles. The quantitative estimate of drug-likeness (QED) is 0.437. The SMILES string of the molecule is CC(CNC(=O)C(Cc1ccccc1)NC(=O)OCC1c2ccccc2-c2ccccc21)C(=O)O. The van der Waals surface area contributed by atoms with Crippen molar-refractivity contribution in [1.82, 2.24) is 10.6 Å². The minimum absolute atomic E-state index is 0.0359. The van der Waals surface area contributed by atoms with E-state index in [0.717, 1.165) is 27.8 Å². The Bertz CT molecular complexity index is 1170. The highest BCUT2D eigenvalue weighted by molar-refractivity contribution is 5.86. The monoisotopic (exact) mass is 472 g/mol. The van der Waals surface area contributed by atoms with Crippen LogP contribution in [0.25, 0.3) is 11.1 Å². The van der Waals surface area contributed by atoms with Crippen molar-refractivity contribution in [1.29, 1.82) is 0 Å². The number of benzene rings is 3. The van der Waals surface area contributed by atoms with Crippen molar-refractivity contribution in [3.05, 3.63) is 95.6 Å². The molecule has 2 amide bonds. The fourth-order valence-corrected chi connectivity index (χ4v) is 4.31.